The van der Waals surface area contributed by atoms with Gasteiger partial charge in [-0.3, -0.25) is 19.4 Å². The van der Waals surface area contributed by atoms with Crippen LogP contribution in [0.15, 0.2) is 43.0 Å². The van der Waals surface area contributed by atoms with E-state index in [1.807, 2.05) is 0 Å². The summed E-state index contributed by atoms with van der Waals surface area (Å²) in [5.41, 5.74) is -0.0946. The number of halogens is 3. The van der Waals surface area contributed by atoms with Gasteiger partial charge in [-0.05, 0) is 49.9 Å². The lowest BCUT2D eigenvalue weighted by Crippen LogP contribution is -2.48. The summed E-state index contributed by atoms with van der Waals surface area (Å²) in [6, 6.07) is 5.38. The zero-order valence-corrected chi connectivity index (χ0v) is 21.5. The van der Waals surface area contributed by atoms with Gasteiger partial charge in [-0.1, -0.05) is 0 Å². The number of pyridine rings is 1. The van der Waals surface area contributed by atoms with Gasteiger partial charge in [-0.25, -0.2) is 18.4 Å². The molecule has 1 aliphatic carbocycles. The van der Waals surface area contributed by atoms with E-state index in [1.54, 1.807) is 18.2 Å². The number of fused-ring (bicyclic) bond motifs is 1. The smallest absolute Gasteiger partial charge is 0.417 e. The second kappa shape index (κ2) is 10.1. The van der Waals surface area contributed by atoms with Crippen LogP contribution < -0.4 is 14.4 Å². The molecule has 2 aromatic heterocycles. The Morgan fingerprint density at radius 2 is 1.85 bits per heavy atom. The number of amides is 1. The molecular weight excluding hydrogens is 541 g/mol. The molecule has 1 aromatic carbocycles. The molecular formula is C24H25F3N6O5S. The predicted molar refractivity (Wildman–Crippen MR) is 134 cm³/mol. The lowest BCUT2D eigenvalue weighted by molar-refractivity contribution is -0.138. The van der Waals surface area contributed by atoms with Gasteiger partial charge in [0.1, 0.15) is 19.0 Å². The largest absolute Gasteiger partial charge is 0.474 e. The Morgan fingerprint density at radius 3 is 2.54 bits per heavy atom. The van der Waals surface area contributed by atoms with E-state index in [9.17, 15) is 31.5 Å². The number of aromatic nitrogens is 3. The lowest BCUT2D eigenvalue weighted by Gasteiger charge is -2.37. The molecule has 2 fully saturated rings. The van der Waals surface area contributed by atoms with E-state index >= 15 is 0 Å². The fourth-order valence-electron chi connectivity index (χ4n) is 4.95. The number of carbonyl (C=O) groups excluding carboxylic acids is 1. The number of sulfonamides is 1. The highest BCUT2D eigenvalue weighted by molar-refractivity contribution is 7.92. The van der Waals surface area contributed by atoms with Crippen molar-refractivity contribution in [2.45, 2.75) is 50.4 Å². The number of alkyl halides is 3. The third-order valence-corrected chi connectivity index (χ3v) is 7.33. The molecule has 1 saturated carbocycles. The molecule has 11 nitrogen and oxygen atoms in total. The van der Waals surface area contributed by atoms with E-state index in [1.165, 1.54) is 22.3 Å². The molecule has 3 aromatic rings. The van der Waals surface area contributed by atoms with Gasteiger partial charge < -0.3 is 14.7 Å². The highest BCUT2D eigenvalue weighted by Crippen LogP contribution is 2.35. The van der Waals surface area contributed by atoms with Gasteiger partial charge in [-0.2, -0.15) is 13.2 Å². The van der Waals surface area contributed by atoms with Crippen LogP contribution in [0, 0.1) is 0 Å². The highest BCUT2D eigenvalue weighted by Gasteiger charge is 2.43. The molecule has 2 N–H and O–H groups in total. The predicted octanol–water partition coefficient (Wildman–Crippen LogP) is 2.73. The van der Waals surface area contributed by atoms with Crippen LogP contribution in [-0.4, -0.2) is 70.6 Å². The molecule has 2 aliphatic rings. The molecule has 0 spiro atoms. The number of aliphatic hydroxyl groups is 1. The van der Waals surface area contributed by atoms with E-state index < -0.39 is 28.1 Å². The monoisotopic (exact) mass is 566 g/mol. The number of rotatable bonds is 6. The van der Waals surface area contributed by atoms with Crippen LogP contribution in [0.5, 0.6) is 5.88 Å². The van der Waals surface area contributed by atoms with Crippen LogP contribution in [0.3, 0.4) is 0 Å². The number of hydrogen-bond acceptors (Lipinski definition) is 9. The van der Waals surface area contributed by atoms with E-state index in [-0.39, 0.29) is 30.3 Å². The summed E-state index contributed by atoms with van der Waals surface area (Å²) in [7, 11) is -3.45. The summed E-state index contributed by atoms with van der Waals surface area (Å²) < 4.78 is 70.9. The molecule has 1 amide bonds. The van der Waals surface area contributed by atoms with Gasteiger partial charge in [0.05, 0.1) is 40.3 Å². The maximum absolute atomic E-state index is 13.1. The number of anilines is 2. The Kier molecular flexibility index (Phi) is 6.97. The van der Waals surface area contributed by atoms with Crippen molar-refractivity contribution in [2.24, 2.45) is 0 Å². The summed E-state index contributed by atoms with van der Waals surface area (Å²) in [4.78, 5) is 27.3. The third-order valence-electron chi connectivity index (χ3n) is 6.72. The Hall–Kier alpha value is -3.72. The summed E-state index contributed by atoms with van der Waals surface area (Å²) in [6.45, 7) is -0.260. The molecule has 3 heterocycles. The zero-order valence-electron chi connectivity index (χ0n) is 20.7. The maximum Gasteiger partial charge on any atom is 0.417 e. The third kappa shape index (κ3) is 5.83. The van der Waals surface area contributed by atoms with Crippen LogP contribution >= 0.6 is 0 Å². The molecule has 15 heteroatoms. The first kappa shape index (κ1) is 26.9. The first-order chi connectivity index (χ1) is 18.4. The van der Waals surface area contributed by atoms with E-state index in [0.29, 0.717) is 54.4 Å². The molecule has 1 aliphatic heterocycles. The van der Waals surface area contributed by atoms with Gasteiger partial charge in [0.2, 0.25) is 28.2 Å². The average Bonchev–Trinajstić information content (AvgIpc) is 3.17. The molecule has 39 heavy (non-hydrogen) atoms. The molecule has 1 unspecified atom stereocenters. The van der Waals surface area contributed by atoms with Crippen molar-refractivity contribution in [1.82, 2.24) is 19.9 Å². The second-order valence-electron chi connectivity index (χ2n) is 9.54. The Morgan fingerprint density at radius 1 is 1.10 bits per heavy atom. The van der Waals surface area contributed by atoms with Gasteiger partial charge >= 0.3 is 6.18 Å². The SMILES string of the molecule is CS(=O)(=O)Nc1ccc2c(O[C@H]3CC[C@@H](N4C(=O)CN(c5cncc(C(F)(F)F)c5)C4O)CC3)ncnc2c1. The average molecular weight is 567 g/mol. The normalized spacial score (nSPS) is 22.4. The standard InChI is InChI=1S/C24H25F3N6O5S/c1-39(36,37)31-15-2-7-19-20(9-15)29-13-30-22(19)38-18-5-3-16(4-6-18)33-21(34)12-32(23(33)35)17-8-14(10-28-11-17)24(25,26)27/h2,7-11,13,16,18,23,31,35H,3-6,12H2,1H3/t16-,18+,23?. The number of carbonyl (C=O) groups is 1. The maximum atomic E-state index is 13.1. The number of nitrogens with one attached hydrogen (secondary N) is 1. The summed E-state index contributed by atoms with van der Waals surface area (Å²) >= 11 is 0. The van der Waals surface area contributed by atoms with Crippen molar-refractivity contribution in [2.75, 3.05) is 22.4 Å². The second-order valence-corrected chi connectivity index (χ2v) is 11.3. The van der Waals surface area contributed by atoms with E-state index in [0.717, 1.165) is 12.3 Å². The van der Waals surface area contributed by atoms with Crippen LogP contribution in [-0.2, 0) is 21.0 Å². The van der Waals surface area contributed by atoms with Crippen LogP contribution in [0.25, 0.3) is 10.9 Å². The minimum absolute atomic E-state index is 0.00993. The molecule has 0 bridgehead atoms. The molecule has 5 rings (SSSR count). The van der Waals surface area contributed by atoms with Gasteiger partial charge in [0.25, 0.3) is 0 Å². The van der Waals surface area contributed by atoms with Crippen molar-refractivity contribution >= 4 is 38.2 Å². The molecule has 1 atom stereocenters. The van der Waals surface area contributed by atoms with Crippen molar-refractivity contribution in [3.63, 3.8) is 0 Å². The number of benzene rings is 1. The van der Waals surface area contributed by atoms with Gasteiger partial charge in [0, 0.05) is 12.2 Å². The Bertz CT molecular complexity index is 1500. The van der Waals surface area contributed by atoms with Gasteiger partial charge in [0.15, 0.2) is 0 Å². The summed E-state index contributed by atoms with van der Waals surface area (Å²) in [5.74, 6) is -0.0422. The first-order valence-corrected chi connectivity index (χ1v) is 14.0. The van der Waals surface area contributed by atoms with Crippen molar-refractivity contribution in [3.05, 3.63) is 48.5 Å². The number of hydrogen-bond donors (Lipinski definition) is 2. The molecule has 1 saturated heterocycles. The molecule has 0 radical (unpaired) electrons. The fourth-order valence-corrected chi connectivity index (χ4v) is 5.50. The topological polar surface area (TPSA) is 138 Å². The van der Waals surface area contributed by atoms with Gasteiger partial charge in [-0.15, -0.1) is 0 Å². The minimum atomic E-state index is -4.60. The number of ether oxygens (including phenoxy) is 1. The highest BCUT2D eigenvalue weighted by atomic mass is 32.2. The summed E-state index contributed by atoms with van der Waals surface area (Å²) in [6.07, 6.45) is 0.127. The number of aliphatic hydroxyl groups excluding tert-OH is 1. The lowest BCUT2D eigenvalue weighted by atomic mass is 9.92. The quantitative estimate of drug-likeness (QED) is 0.461. The fraction of sp³-hybridized carbons (Fsp3) is 0.417. The van der Waals surface area contributed by atoms with Crippen molar-refractivity contribution in [1.29, 1.82) is 0 Å². The zero-order chi connectivity index (χ0) is 27.9. The Labute approximate surface area is 221 Å². The van der Waals surface area contributed by atoms with E-state index in [2.05, 4.69) is 19.7 Å². The number of nitrogens with zero attached hydrogens (tertiary/aromatic N) is 5. The molecule has 208 valence electrons. The Balaban J connectivity index is 1.24. The van der Waals surface area contributed by atoms with E-state index in [4.69, 9.17) is 4.74 Å². The first-order valence-electron chi connectivity index (χ1n) is 12.1. The van der Waals surface area contributed by atoms with Crippen molar-refractivity contribution < 1.29 is 36.2 Å². The van der Waals surface area contributed by atoms with Crippen LogP contribution in [0.1, 0.15) is 31.2 Å². The van der Waals surface area contributed by atoms with Crippen LogP contribution in [0.2, 0.25) is 0 Å². The van der Waals surface area contributed by atoms with Crippen molar-refractivity contribution in [3.8, 4) is 5.88 Å². The minimum Gasteiger partial charge on any atom is -0.474 e. The summed E-state index contributed by atoms with van der Waals surface area (Å²) in [5, 5.41) is 11.5. The van der Waals surface area contributed by atoms with Crippen LogP contribution in [0.4, 0.5) is 24.5 Å².